The van der Waals surface area contributed by atoms with E-state index in [2.05, 4.69) is 10.6 Å². The molecule has 0 spiro atoms. The quantitative estimate of drug-likeness (QED) is 0.487. The van der Waals surface area contributed by atoms with Crippen molar-refractivity contribution in [1.82, 2.24) is 10.6 Å². The Balaban J connectivity index is 1.77. The van der Waals surface area contributed by atoms with Gasteiger partial charge in [0.25, 0.3) is 0 Å². The van der Waals surface area contributed by atoms with E-state index in [1.54, 1.807) is 0 Å². The lowest BCUT2D eigenvalue weighted by Gasteiger charge is -2.31. The van der Waals surface area contributed by atoms with Crippen LogP contribution >= 0.6 is 0 Å². The summed E-state index contributed by atoms with van der Waals surface area (Å²) in [6.45, 7) is 1.91. The molecule has 2 rings (SSSR count). The van der Waals surface area contributed by atoms with Crippen LogP contribution < -0.4 is 16.4 Å². The highest BCUT2D eigenvalue weighted by atomic mass is 19.1. The van der Waals surface area contributed by atoms with Crippen molar-refractivity contribution in [3.63, 3.8) is 0 Å². The first kappa shape index (κ1) is 11.3. The number of aliphatic hydroxyl groups excluding tert-OH is 1. The second-order valence-electron chi connectivity index (χ2n) is 4.72. The smallest absolute Gasteiger partial charge is 0.150 e. The van der Waals surface area contributed by atoms with Crippen LogP contribution in [0.5, 0.6) is 0 Å². The van der Waals surface area contributed by atoms with Crippen LogP contribution in [0, 0.1) is 5.92 Å². The molecule has 2 atom stereocenters. The zero-order valence-corrected chi connectivity index (χ0v) is 8.88. The van der Waals surface area contributed by atoms with Gasteiger partial charge in [-0.15, -0.1) is 0 Å². The van der Waals surface area contributed by atoms with Crippen LogP contribution in [0.25, 0.3) is 0 Å². The normalized spacial score (nSPS) is 29.8. The molecule has 0 aromatic carbocycles. The summed E-state index contributed by atoms with van der Waals surface area (Å²) in [5, 5.41) is 15.6. The second-order valence-corrected chi connectivity index (χ2v) is 4.72. The third-order valence-corrected chi connectivity index (χ3v) is 3.46. The van der Waals surface area contributed by atoms with Crippen LogP contribution in [0.15, 0.2) is 0 Å². The third-order valence-electron chi connectivity index (χ3n) is 3.46. The van der Waals surface area contributed by atoms with Gasteiger partial charge in [-0.25, -0.2) is 4.39 Å². The molecule has 0 radical (unpaired) electrons. The highest BCUT2D eigenvalue weighted by Gasteiger charge is 2.50. The Morgan fingerprint density at radius 3 is 2.53 bits per heavy atom. The van der Waals surface area contributed by atoms with E-state index in [-0.39, 0.29) is 6.17 Å². The predicted molar refractivity (Wildman–Crippen MR) is 55.8 cm³/mol. The van der Waals surface area contributed by atoms with Crippen molar-refractivity contribution in [2.24, 2.45) is 11.7 Å². The number of nitrogens with two attached hydrogens (primary N) is 1. The van der Waals surface area contributed by atoms with Crippen molar-refractivity contribution in [3.8, 4) is 0 Å². The Morgan fingerprint density at radius 1 is 1.40 bits per heavy atom. The Labute approximate surface area is 89.4 Å². The van der Waals surface area contributed by atoms with Gasteiger partial charge in [0.2, 0.25) is 0 Å². The summed E-state index contributed by atoms with van der Waals surface area (Å²) in [6, 6.07) is 0. The number of rotatable bonds is 4. The predicted octanol–water partition coefficient (Wildman–Crippen LogP) is -0.319. The van der Waals surface area contributed by atoms with Crippen molar-refractivity contribution < 1.29 is 9.50 Å². The molecule has 1 aliphatic carbocycles. The molecule has 1 saturated heterocycles. The standard InChI is InChI=1S/C10H20FN3O/c11-10(3-4-10)9(15)14-8(12)7-1-5-13-6-2-7/h7-9,13-15H,1-6,12H2. The van der Waals surface area contributed by atoms with Gasteiger partial charge in [-0.05, 0) is 44.7 Å². The molecule has 1 aliphatic heterocycles. The first-order valence-corrected chi connectivity index (χ1v) is 5.71. The lowest BCUT2D eigenvalue weighted by Crippen LogP contribution is -2.54. The van der Waals surface area contributed by atoms with Gasteiger partial charge in [-0.3, -0.25) is 5.32 Å². The molecule has 2 unspecified atom stereocenters. The van der Waals surface area contributed by atoms with Gasteiger partial charge in [-0.2, -0.15) is 0 Å². The van der Waals surface area contributed by atoms with Gasteiger partial charge in [0.1, 0.15) is 11.9 Å². The molecule has 0 amide bonds. The summed E-state index contributed by atoms with van der Waals surface area (Å²) >= 11 is 0. The highest BCUT2D eigenvalue weighted by molar-refractivity contribution is 5.00. The van der Waals surface area contributed by atoms with E-state index in [0.717, 1.165) is 25.9 Å². The molecular formula is C10H20FN3O. The van der Waals surface area contributed by atoms with Crippen molar-refractivity contribution in [2.75, 3.05) is 13.1 Å². The Kier molecular flexibility index (Phi) is 3.25. The Hall–Kier alpha value is -0.230. The fourth-order valence-corrected chi connectivity index (χ4v) is 2.06. The largest absolute Gasteiger partial charge is 0.375 e. The summed E-state index contributed by atoms with van der Waals surface area (Å²) in [5.74, 6) is 0.336. The van der Waals surface area contributed by atoms with Crippen molar-refractivity contribution >= 4 is 0 Å². The minimum atomic E-state index is -1.41. The number of aliphatic hydroxyl groups is 1. The van der Waals surface area contributed by atoms with Gasteiger partial charge in [-0.1, -0.05) is 0 Å². The lowest BCUT2D eigenvalue weighted by atomic mass is 9.95. The van der Waals surface area contributed by atoms with Crippen LogP contribution in [0.2, 0.25) is 0 Å². The first-order valence-electron chi connectivity index (χ1n) is 5.71. The van der Waals surface area contributed by atoms with E-state index >= 15 is 0 Å². The van der Waals surface area contributed by atoms with Gasteiger partial charge in [0.05, 0.1) is 6.17 Å². The first-order chi connectivity index (χ1) is 7.12. The topological polar surface area (TPSA) is 70.3 Å². The molecule has 0 aromatic rings. The van der Waals surface area contributed by atoms with E-state index in [0.29, 0.717) is 18.8 Å². The maximum Gasteiger partial charge on any atom is 0.150 e. The van der Waals surface area contributed by atoms with Crippen molar-refractivity contribution in [3.05, 3.63) is 0 Å². The molecule has 0 aromatic heterocycles. The molecular weight excluding hydrogens is 197 g/mol. The number of nitrogens with one attached hydrogen (secondary N) is 2. The molecule has 1 heterocycles. The fourth-order valence-electron chi connectivity index (χ4n) is 2.06. The van der Waals surface area contributed by atoms with E-state index in [9.17, 15) is 9.50 Å². The summed E-state index contributed by atoms with van der Waals surface area (Å²) in [6.07, 6.45) is 1.47. The Bertz CT molecular complexity index is 217. The fraction of sp³-hybridized carbons (Fsp3) is 1.00. The van der Waals surface area contributed by atoms with Gasteiger partial charge >= 0.3 is 0 Å². The molecule has 4 nitrogen and oxygen atoms in total. The second kappa shape index (κ2) is 4.33. The lowest BCUT2D eigenvalue weighted by molar-refractivity contribution is 0.0167. The number of halogens is 1. The SMILES string of the molecule is NC(NC(O)C1(F)CC1)C1CCNCC1. The molecule has 5 N–H and O–H groups in total. The zero-order valence-electron chi connectivity index (χ0n) is 8.88. The van der Waals surface area contributed by atoms with Crippen molar-refractivity contribution in [1.29, 1.82) is 0 Å². The minimum absolute atomic E-state index is 0.296. The van der Waals surface area contributed by atoms with Gasteiger partial charge < -0.3 is 16.2 Å². The average Bonchev–Trinajstić information content (AvgIpc) is 2.99. The van der Waals surface area contributed by atoms with E-state index in [1.165, 1.54) is 0 Å². The molecule has 1 saturated carbocycles. The van der Waals surface area contributed by atoms with Crippen LogP contribution in [-0.4, -0.2) is 36.3 Å². The summed E-state index contributed by atoms with van der Waals surface area (Å²) in [4.78, 5) is 0. The number of hydrogen-bond acceptors (Lipinski definition) is 4. The highest BCUT2D eigenvalue weighted by Crippen LogP contribution is 2.42. The molecule has 2 fully saturated rings. The number of piperidine rings is 1. The van der Waals surface area contributed by atoms with Gasteiger partial charge in [0.15, 0.2) is 0 Å². The monoisotopic (exact) mass is 217 g/mol. The maximum atomic E-state index is 13.4. The summed E-state index contributed by atoms with van der Waals surface area (Å²) in [5.41, 5.74) is 4.50. The van der Waals surface area contributed by atoms with E-state index in [4.69, 9.17) is 5.73 Å². The average molecular weight is 217 g/mol. The van der Waals surface area contributed by atoms with Crippen LogP contribution in [0.4, 0.5) is 4.39 Å². The molecule has 88 valence electrons. The molecule has 5 heteroatoms. The number of hydrogen-bond donors (Lipinski definition) is 4. The summed E-state index contributed by atoms with van der Waals surface area (Å²) in [7, 11) is 0. The van der Waals surface area contributed by atoms with Crippen LogP contribution in [0.3, 0.4) is 0 Å². The number of alkyl halides is 1. The maximum absolute atomic E-state index is 13.4. The Morgan fingerprint density at radius 2 is 2.00 bits per heavy atom. The molecule has 0 bridgehead atoms. The van der Waals surface area contributed by atoms with Gasteiger partial charge in [0, 0.05) is 0 Å². The minimum Gasteiger partial charge on any atom is -0.375 e. The van der Waals surface area contributed by atoms with E-state index < -0.39 is 11.9 Å². The van der Waals surface area contributed by atoms with Crippen LogP contribution in [0.1, 0.15) is 25.7 Å². The summed E-state index contributed by atoms with van der Waals surface area (Å²) < 4.78 is 13.4. The molecule has 2 aliphatic rings. The third kappa shape index (κ3) is 2.66. The van der Waals surface area contributed by atoms with Crippen LogP contribution in [-0.2, 0) is 0 Å². The zero-order chi connectivity index (χ0) is 10.9. The molecule has 15 heavy (non-hydrogen) atoms. The van der Waals surface area contributed by atoms with Crippen molar-refractivity contribution in [2.45, 2.75) is 43.7 Å². The van der Waals surface area contributed by atoms with E-state index in [1.807, 2.05) is 0 Å².